The molecule has 4 rings (SSSR count). The lowest BCUT2D eigenvalue weighted by Crippen LogP contribution is -2.52. The van der Waals surface area contributed by atoms with Crippen LogP contribution in [0.5, 0.6) is 0 Å². The highest BCUT2D eigenvalue weighted by molar-refractivity contribution is 5.85. The zero-order valence-electron chi connectivity index (χ0n) is 27.3. The van der Waals surface area contributed by atoms with E-state index in [2.05, 4.69) is 0 Å². The molecule has 43 heavy (non-hydrogen) atoms. The molecular weight excluding hydrogens is 552 g/mol. The van der Waals surface area contributed by atoms with Gasteiger partial charge >= 0.3 is 24.1 Å². The number of likely N-dealkylation sites (tertiary alicyclic amines) is 2. The molecule has 0 N–H and O–H groups in total. The highest BCUT2D eigenvalue weighted by Gasteiger charge is 2.54. The van der Waals surface area contributed by atoms with Gasteiger partial charge in [0.15, 0.2) is 0 Å². The molecule has 0 aromatic rings. The molecule has 2 heterocycles. The number of hydrogen-bond acceptors (Lipinski definition) is 8. The summed E-state index contributed by atoms with van der Waals surface area (Å²) >= 11 is 0. The van der Waals surface area contributed by atoms with E-state index in [0.29, 0.717) is 32.4 Å². The number of rotatable bonds is 6. The zero-order chi connectivity index (χ0) is 31.7. The van der Waals surface area contributed by atoms with Crippen molar-refractivity contribution < 1.29 is 38.1 Å². The van der Waals surface area contributed by atoms with Gasteiger partial charge in [0, 0.05) is 13.1 Å². The van der Waals surface area contributed by atoms with Crippen molar-refractivity contribution in [3.8, 4) is 0 Å². The topological polar surface area (TPSA) is 112 Å². The van der Waals surface area contributed by atoms with Gasteiger partial charge in [0.05, 0.1) is 23.9 Å². The Balaban J connectivity index is 1.42. The highest BCUT2D eigenvalue weighted by atomic mass is 16.6. The van der Waals surface area contributed by atoms with E-state index in [9.17, 15) is 19.2 Å². The van der Waals surface area contributed by atoms with Crippen LogP contribution in [0.4, 0.5) is 9.59 Å². The standard InChI is InChI=1S/C33H52N2O8/c1-20(24-13-9-11-17-34(24)30(38)42-32(3,4)5)40-28(36)26-22-15-16-23(19-22)27(26)29(37)41-21(2)25-14-10-12-18-35(25)31(39)43-33(6,7)8/h15-16,20-27H,9-14,17-19H2,1-8H3. The van der Waals surface area contributed by atoms with Crippen LogP contribution in [0.15, 0.2) is 12.2 Å². The Hall–Kier alpha value is -2.78. The van der Waals surface area contributed by atoms with Gasteiger partial charge in [0.25, 0.3) is 0 Å². The van der Waals surface area contributed by atoms with Crippen LogP contribution in [0.3, 0.4) is 0 Å². The number of allylic oxidation sites excluding steroid dienone is 2. The molecule has 10 heteroatoms. The maximum Gasteiger partial charge on any atom is 0.410 e. The molecule has 10 nitrogen and oxygen atoms in total. The molecular formula is C33H52N2O8. The average Bonchev–Trinajstić information content (AvgIpc) is 3.53. The van der Waals surface area contributed by atoms with Gasteiger partial charge in [-0.15, -0.1) is 0 Å². The molecule has 0 radical (unpaired) electrons. The second kappa shape index (κ2) is 13.1. The first-order valence-electron chi connectivity index (χ1n) is 16.1. The summed E-state index contributed by atoms with van der Waals surface area (Å²) in [4.78, 5) is 56.7. The van der Waals surface area contributed by atoms with Crippen LogP contribution in [0.2, 0.25) is 0 Å². The molecule has 8 atom stereocenters. The lowest BCUT2D eigenvalue weighted by molar-refractivity contribution is -0.170. The summed E-state index contributed by atoms with van der Waals surface area (Å²) in [7, 11) is 0. The minimum absolute atomic E-state index is 0.0983. The summed E-state index contributed by atoms with van der Waals surface area (Å²) in [6.45, 7) is 15.7. The monoisotopic (exact) mass is 604 g/mol. The summed E-state index contributed by atoms with van der Waals surface area (Å²) in [5, 5.41) is 0. The van der Waals surface area contributed by atoms with Crippen molar-refractivity contribution in [3.05, 3.63) is 12.2 Å². The van der Waals surface area contributed by atoms with E-state index < -0.39 is 59.4 Å². The van der Waals surface area contributed by atoms with Crippen molar-refractivity contribution in [2.75, 3.05) is 13.1 Å². The summed E-state index contributed by atoms with van der Waals surface area (Å²) in [6, 6.07) is -0.588. The van der Waals surface area contributed by atoms with Gasteiger partial charge in [-0.25, -0.2) is 9.59 Å². The van der Waals surface area contributed by atoms with Gasteiger partial charge in [-0.2, -0.15) is 0 Å². The van der Waals surface area contributed by atoms with Crippen LogP contribution in [-0.2, 0) is 28.5 Å². The van der Waals surface area contributed by atoms with Crippen molar-refractivity contribution in [1.82, 2.24) is 9.80 Å². The van der Waals surface area contributed by atoms with Crippen LogP contribution < -0.4 is 0 Å². The average molecular weight is 605 g/mol. The Morgan fingerprint density at radius 1 is 0.651 bits per heavy atom. The maximum atomic E-state index is 13.7. The predicted molar refractivity (Wildman–Crippen MR) is 160 cm³/mol. The molecule has 4 aliphatic rings. The number of carbonyl (C=O) groups is 4. The fraction of sp³-hybridized carbons (Fsp3) is 0.818. The van der Waals surface area contributed by atoms with E-state index in [1.165, 1.54) is 0 Å². The molecule has 0 spiro atoms. The molecule has 0 aromatic carbocycles. The molecule has 242 valence electrons. The third-order valence-corrected chi connectivity index (χ3v) is 9.05. The third-order valence-electron chi connectivity index (χ3n) is 9.05. The molecule has 2 saturated heterocycles. The number of piperidine rings is 2. The molecule has 3 fully saturated rings. The van der Waals surface area contributed by atoms with Gasteiger partial charge in [0.2, 0.25) is 0 Å². The molecule has 0 aromatic heterocycles. The number of hydrogen-bond donors (Lipinski definition) is 0. The molecule has 1 saturated carbocycles. The van der Waals surface area contributed by atoms with Crippen LogP contribution in [0, 0.1) is 23.7 Å². The predicted octanol–water partition coefficient (Wildman–Crippen LogP) is 5.87. The lowest BCUT2D eigenvalue weighted by Gasteiger charge is -2.40. The molecule has 2 aliphatic carbocycles. The quantitative estimate of drug-likeness (QED) is 0.210. The lowest BCUT2D eigenvalue weighted by atomic mass is 9.83. The summed E-state index contributed by atoms with van der Waals surface area (Å²) in [5.41, 5.74) is -1.25. The number of fused-ring (bicyclic) bond motifs is 2. The van der Waals surface area contributed by atoms with Gasteiger partial charge in [-0.3, -0.25) is 9.59 Å². The van der Waals surface area contributed by atoms with Crippen LogP contribution >= 0.6 is 0 Å². The Kier molecular flexibility index (Phi) is 10.1. The molecule has 2 bridgehead atoms. The van der Waals surface area contributed by atoms with Crippen molar-refractivity contribution >= 4 is 24.1 Å². The fourth-order valence-corrected chi connectivity index (χ4v) is 7.13. The van der Waals surface area contributed by atoms with Crippen LogP contribution in [0.25, 0.3) is 0 Å². The highest BCUT2D eigenvalue weighted by Crippen LogP contribution is 2.49. The van der Waals surface area contributed by atoms with E-state index in [0.717, 1.165) is 25.7 Å². The van der Waals surface area contributed by atoms with Gasteiger partial charge in [0.1, 0.15) is 23.4 Å². The normalized spacial score (nSPS) is 30.4. The molecule has 2 aliphatic heterocycles. The van der Waals surface area contributed by atoms with E-state index in [-0.39, 0.29) is 23.9 Å². The maximum absolute atomic E-state index is 13.7. The fourth-order valence-electron chi connectivity index (χ4n) is 7.13. The second-order valence-corrected chi connectivity index (χ2v) is 14.8. The van der Waals surface area contributed by atoms with E-state index in [1.807, 2.05) is 67.5 Å². The Bertz CT molecular complexity index is 994. The Morgan fingerprint density at radius 3 is 1.37 bits per heavy atom. The van der Waals surface area contributed by atoms with Crippen molar-refractivity contribution in [2.45, 2.75) is 136 Å². The number of ether oxygens (including phenoxy) is 4. The smallest absolute Gasteiger partial charge is 0.410 e. The van der Waals surface area contributed by atoms with Crippen molar-refractivity contribution in [1.29, 1.82) is 0 Å². The molecule has 8 unspecified atom stereocenters. The second-order valence-electron chi connectivity index (χ2n) is 14.8. The van der Waals surface area contributed by atoms with Gasteiger partial charge in [-0.05, 0) is 112 Å². The van der Waals surface area contributed by atoms with Gasteiger partial charge in [-0.1, -0.05) is 12.2 Å². The van der Waals surface area contributed by atoms with E-state index >= 15 is 0 Å². The van der Waals surface area contributed by atoms with Crippen molar-refractivity contribution in [2.24, 2.45) is 23.7 Å². The van der Waals surface area contributed by atoms with E-state index in [4.69, 9.17) is 18.9 Å². The van der Waals surface area contributed by atoms with E-state index in [1.54, 1.807) is 9.80 Å². The Morgan fingerprint density at radius 2 is 1.02 bits per heavy atom. The first-order chi connectivity index (χ1) is 20.1. The number of nitrogens with zero attached hydrogens (tertiary/aromatic N) is 2. The minimum atomic E-state index is -0.649. The van der Waals surface area contributed by atoms with Gasteiger partial charge < -0.3 is 28.7 Å². The summed E-state index contributed by atoms with van der Waals surface area (Å²) < 4.78 is 23.3. The summed E-state index contributed by atoms with van der Waals surface area (Å²) in [6.07, 6.45) is 7.82. The number of esters is 2. The number of amides is 2. The van der Waals surface area contributed by atoms with Crippen LogP contribution in [0.1, 0.15) is 100 Å². The molecule has 2 amide bonds. The first kappa shape index (κ1) is 33.1. The minimum Gasteiger partial charge on any atom is -0.460 e. The summed E-state index contributed by atoms with van der Waals surface area (Å²) in [5.74, 6) is -2.35. The zero-order valence-corrected chi connectivity index (χ0v) is 27.3. The Labute approximate surface area is 256 Å². The third kappa shape index (κ3) is 8.04. The van der Waals surface area contributed by atoms with Crippen LogP contribution in [-0.4, -0.2) is 82.5 Å². The SMILES string of the molecule is CC(OC(=O)C1C2C=CC(C2)C1C(=O)OC(C)C1CCCCN1C(=O)OC(C)(C)C)C1CCCCN1C(=O)OC(C)(C)C. The number of carbonyl (C=O) groups excluding carboxylic acids is 4. The first-order valence-corrected chi connectivity index (χ1v) is 16.1. The largest absolute Gasteiger partial charge is 0.460 e. The van der Waals surface area contributed by atoms with Crippen molar-refractivity contribution in [3.63, 3.8) is 0 Å².